The Balaban J connectivity index is 2.05. The number of amides is 1. The molecule has 0 aliphatic carbocycles. The molecule has 0 atom stereocenters. The van der Waals surface area contributed by atoms with E-state index in [1.807, 2.05) is 38.1 Å². The van der Waals surface area contributed by atoms with Gasteiger partial charge in [-0.1, -0.05) is 17.8 Å². The summed E-state index contributed by atoms with van der Waals surface area (Å²) in [4.78, 5) is 13.6. The summed E-state index contributed by atoms with van der Waals surface area (Å²) in [6, 6.07) is 8.00. The van der Waals surface area contributed by atoms with Crippen molar-refractivity contribution in [2.75, 3.05) is 19.3 Å². The van der Waals surface area contributed by atoms with E-state index in [9.17, 15) is 4.79 Å². The van der Waals surface area contributed by atoms with E-state index in [1.54, 1.807) is 16.6 Å². The van der Waals surface area contributed by atoms with Crippen LogP contribution in [0.25, 0.3) is 5.69 Å². The quantitative estimate of drug-likeness (QED) is 0.750. The van der Waals surface area contributed by atoms with Gasteiger partial charge in [0.2, 0.25) is 11.1 Å². The van der Waals surface area contributed by atoms with E-state index in [0.717, 1.165) is 11.3 Å². The van der Waals surface area contributed by atoms with Crippen LogP contribution in [0.1, 0.15) is 17.5 Å². The van der Waals surface area contributed by atoms with Gasteiger partial charge in [0.05, 0.1) is 23.9 Å². The Morgan fingerprint density at radius 1 is 1.39 bits per heavy atom. The molecule has 0 radical (unpaired) electrons. The first-order valence-corrected chi connectivity index (χ1v) is 8.11. The van der Waals surface area contributed by atoms with Gasteiger partial charge >= 0.3 is 0 Å². The Morgan fingerprint density at radius 3 is 2.87 bits per heavy atom. The molecular weight excluding hydrogens is 312 g/mol. The van der Waals surface area contributed by atoms with Crippen LogP contribution in [0.3, 0.4) is 0 Å². The Morgan fingerprint density at radius 2 is 2.17 bits per heavy atom. The second-order valence-electron chi connectivity index (χ2n) is 5.15. The molecule has 8 heteroatoms. The van der Waals surface area contributed by atoms with Crippen molar-refractivity contribution in [3.63, 3.8) is 0 Å². The van der Waals surface area contributed by atoms with Crippen molar-refractivity contribution in [2.45, 2.75) is 25.4 Å². The van der Waals surface area contributed by atoms with E-state index in [4.69, 9.17) is 5.26 Å². The average molecular weight is 330 g/mol. The minimum atomic E-state index is -0.0557. The number of hydrogen-bond acceptors (Lipinski definition) is 6. The molecule has 23 heavy (non-hydrogen) atoms. The molecule has 0 spiro atoms. The lowest BCUT2D eigenvalue weighted by Crippen LogP contribution is -2.29. The maximum absolute atomic E-state index is 12.0. The summed E-state index contributed by atoms with van der Waals surface area (Å²) >= 11 is 1.28. The minimum absolute atomic E-state index is 0.0557. The first kappa shape index (κ1) is 17.0. The normalized spacial score (nSPS) is 10.3. The molecule has 1 heterocycles. The minimum Gasteiger partial charge on any atom is -0.344 e. The van der Waals surface area contributed by atoms with Crippen molar-refractivity contribution in [1.82, 2.24) is 25.1 Å². The lowest BCUT2D eigenvalue weighted by Gasteiger charge is -2.14. The fourth-order valence-electron chi connectivity index (χ4n) is 1.87. The summed E-state index contributed by atoms with van der Waals surface area (Å²) in [5, 5.41) is 20.8. The third-order valence-corrected chi connectivity index (χ3v) is 4.39. The number of thioether (sulfide) groups is 1. The monoisotopic (exact) mass is 330 g/mol. The third kappa shape index (κ3) is 4.29. The summed E-state index contributed by atoms with van der Waals surface area (Å²) < 4.78 is 1.62. The fraction of sp³-hybridized carbons (Fsp3) is 0.400. The predicted octanol–water partition coefficient (Wildman–Crippen LogP) is 1.74. The summed E-state index contributed by atoms with van der Waals surface area (Å²) in [5.41, 5.74) is 3.22. The SMILES string of the molecule is Cc1ccc(-n2nnnc2SCC(=O)N(C)CCC#N)cc1C. The number of carbonyl (C=O) groups is 1. The van der Waals surface area contributed by atoms with Crippen LogP contribution in [0.4, 0.5) is 0 Å². The highest BCUT2D eigenvalue weighted by Crippen LogP contribution is 2.20. The third-order valence-electron chi connectivity index (χ3n) is 3.49. The van der Waals surface area contributed by atoms with Crippen LogP contribution in [0.2, 0.25) is 0 Å². The van der Waals surface area contributed by atoms with Crippen molar-refractivity contribution in [2.24, 2.45) is 0 Å². The van der Waals surface area contributed by atoms with Crippen LogP contribution in [-0.2, 0) is 4.79 Å². The number of nitrogens with zero attached hydrogens (tertiary/aromatic N) is 6. The molecule has 0 aliphatic rings. The summed E-state index contributed by atoms with van der Waals surface area (Å²) in [7, 11) is 1.69. The molecule has 1 aromatic carbocycles. The number of aryl methyl sites for hydroxylation is 2. The number of aromatic nitrogens is 4. The largest absolute Gasteiger partial charge is 0.344 e. The number of rotatable bonds is 6. The zero-order chi connectivity index (χ0) is 16.8. The van der Waals surface area contributed by atoms with Gasteiger partial charge < -0.3 is 4.90 Å². The van der Waals surface area contributed by atoms with E-state index in [-0.39, 0.29) is 11.7 Å². The molecule has 0 bridgehead atoms. The Kier molecular flexibility index (Phi) is 5.71. The van der Waals surface area contributed by atoms with E-state index in [0.29, 0.717) is 18.1 Å². The van der Waals surface area contributed by atoms with E-state index >= 15 is 0 Å². The fourth-order valence-corrected chi connectivity index (χ4v) is 2.70. The van der Waals surface area contributed by atoms with Crippen LogP contribution < -0.4 is 0 Å². The number of tetrazole rings is 1. The molecule has 1 aromatic heterocycles. The van der Waals surface area contributed by atoms with E-state index < -0.39 is 0 Å². The Hall–Kier alpha value is -2.40. The highest BCUT2D eigenvalue weighted by atomic mass is 32.2. The maximum atomic E-state index is 12.0. The molecule has 0 aliphatic heterocycles. The zero-order valence-electron chi connectivity index (χ0n) is 13.4. The highest BCUT2D eigenvalue weighted by Gasteiger charge is 2.14. The van der Waals surface area contributed by atoms with Crippen molar-refractivity contribution in [3.8, 4) is 11.8 Å². The van der Waals surface area contributed by atoms with Crippen LogP contribution in [-0.4, -0.2) is 50.4 Å². The van der Waals surface area contributed by atoms with Gasteiger partial charge in [-0.05, 0) is 47.5 Å². The van der Waals surface area contributed by atoms with Crippen molar-refractivity contribution >= 4 is 17.7 Å². The van der Waals surface area contributed by atoms with Gasteiger partial charge in [0.1, 0.15) is 0 Å². The van der Waals surface area contributed by atoms with E-state index in [2.05, 4.69) is 15.5 Å². The van der Waals surface area contributed by atoms with Gasteiger partial charge in [0.25, 0.3) is 0 Å². The second-order valence-corrected chi connectivity index (χ2v) is 6.10. The number of nitriles is 1. The van der Waals surface area contributed by atoms with Crippen LogP contribution in [0.5, 0.6) is 0 Å². The molecular formula is C15H18N6OS. The average Bonchev–Trinajstić information content (AvgIpc) is 3.01. The molecule has 0 fully saturated rings. The number of carbonyl (C=O) groups excluding carboxylic acids is 1. The second kappa shape index (κ2) is 7.74. The van der Waals surface area contributed by atoms with Crippen molar-refractivity contribution in [3.05, 3.63) is 29.3 Å². The molecule has 7 nitrogen and oxygen atoms in total. The van der Waals surface area contributed by atoms with Crippen molar-refractivity contribution in [1.29, 1.82) is 5.26 Å². The molecule has 2 rings (SSSR count). The first-order valence-electron chi connectivity index (χ1n) is 7.12. The van der Waals surface area contributed by atoms with Crippen LogP contribution >= 0.6 is 11.8 Å². The van der Waals surface area contributed by atoms with Gasteiger partial charge in [-0.2, -0.15) is 9.94 Å². The topological polar surface area (TPSA) is 87.7 Å². The molecule has 0 saturated carbocycles. The Labute approximate surface area is 139 Å². The van der Waals surface area contributed by atoms with Crippen molar-refractivity contribution < 1.29 is 4.79 Å². The highest BCUT2D eigenvalue weighted by molar-refractivity contribution is 7.99. The van der Waals surface area contributed by atoms with E-state index in [1.165, 1.54) is 17.3 Å². The summed E-state index contributed by atoms with van der Waals surface area (Å²) in [5.74, 6) is 0.174. The molecule has 120 valence electrons. The van der Waals surface area contributed by atoms with Crippen LogP contribution in [0.15, 0.2) is 23.4 Å². The Bertz CT molecular complexity index is 736. The molecule has 0 N–H and O–H groups in total. The maximum Gasteiger partial charge on any atom is 0.232 e. The van der Waals surface area contributed by atoms with Gasteiger partial charge in [0, 0.05) is 13.6 Å². The molecule has 1 amide bonds. The smallest absolute Gasteiger partial charge is 0.232 e. The molecule has 0 unspecified atom stereocenters. The lowest BCUT2D eigenvalue weighted by atomic mass is 10.1. The van der Waals surface area contributed by atoms with Gasteiger partial charge in [-0.3, -0.25) is 4.79 Å². The predicted molar refractivity (Wildman–Crippen MR) is 87.2 cm³/mol. The van der Waals surface area contributed by atoms with Gasteiger partial charge in [-0.15, -0.1) is 5.10 Å². The molecule has 0 saturated heterocycles. The zero-order valence-corrected chi connectivity index (χ0v) is 14.2. The van der Waals surface area contributed by atoms with Crippen LogP contribution in [0, 0.1) is 25.2 Å². The van der Waals surface area contributed by atoms with Gasteiger partial charge in [0.15, 0.2) is 0 Å². The number of benzene rings is 1. The molecule has 2 aromatic rings. The first-order chi connectivity index (χ1) is 11.0. The number of hydrogen-bond donors (Lipinski definition) is 0. The summed E-state index contributed by atoms with van der Waals surface area (Å²) in [6.45, 7) is 4.51. The standard InChI is InChI=1S/C15H18N6OS/c1-11-5-6-13(9-12(11)2)21-15(17-18-19-21)23-10-14(22)20(3)8-4-7-16/h5-6,9H,4,8,10H2,1-3H3. The summed E-state index contributed by atoms with van der Waals surface area (Å²) in [6.07, 6.45) is 0.327. The lowest BCUT2D eigenvalue weighted by molar-refractivity contribution is -0.127. The van der Waals surface area contributed by atoms with Gasteiger partial charge in [-0.25, -0.2) is 0 Å².